The fourth-order valence-electron chi connectivity index (χ4n) is 2.46. The normalized spacial score (nSPS) is 36.9. The first-order chi connectivity index (χ1) is 6.99. The lowest BCUT2D eigenvalue weighted by molar-refractivity contribution is 0.326. The summed E-state index contributed by atoms with van der Waals surface area (Å²) in [6.45, 7) is 2.05. The number of sulfone groups is 1. The predicted molar refractivity (Wildman–Crippen MR) is 65.2 cm³/mol. The van der Waals surface area contributed by atoms with Crippen molar-refractivity contribution >= 4 is 21.6 Å². The monoisotopic (exact) mass is 249 g/mol. The molecule has 2 fully saturated rings. The minimum Gasteiger partial charge on any atom is -0.308 e. The first-order valence-electron chi connectivity index (χ1n) is 5.55. The van der Waals surface area contributed by atoms with Crippen LogP contribution in [0.15, 0.2) is 0 Å². The smallest absolute Gasteiger partial charge is 0.152 e. The van der Waals surface area contributed by atoms with Crippen molar-refractivity contribution < 1.29 is 8.42 Å². The molecule has 0 bridgehead atoms. The van der Waals surface area contributed by atoms with E-state index in [1.807, 2.05) is 11.8 Å². The Morgan fingerprint density at radius 2 is 2.00 bits per heavy atom. The van der Waals surface area contributed by atoms with E-state index in [-0.39, 0.29) is 5.54 Å². The number of nitrogens with one attached hydrogen (secondary N) is 1. The average molecular weight is 249 g/mol. The molecule has 0 saturated carbocycles. The van der Waals surface area contributed by atoms with Gasteiger partial charge in [0.15, 0.2) is 9.84 Å². The molecule has 0 aromatic heterocycles. The third-order valence-electron chi connectivity index (χ3n) is 3.28. The summed E-state index contributed by atoms with van der Waals surface area (Å²) < 4.78 is 22.9. The Balaban J connectivity index is 1.93. The molecule has 0 amide bonds. The van der Waals surface area contributed by atoms with Crippen molar-refractivity contribution in [2.75, 3.05) is 23.0 Å². The first kappa shape index (κ1) is 11.7. The topological polar surface area (TPSA) is 46.2 Å². The molecule has 88 valence electrons. The van der Waals surface area contributed by atoms with Crippen LogP contribution in [0.25, 0.3) is 0 Å². The molecule has 1 atom stereocenters. The van der Waals surface area contributed by atoms with Crippen molar-refractivity contribution in [1.29, 1.82) is 0 Å². The first-order valence-corrected chi connectivity index (χ1v) is 8.53. The van der Waals surface area contributed by atoms with Crippen molar-refractivity contribution in [3.8, 4) is 0 Å². The molecule has 2 aliphatic rings. The zero-order chi connectivity index (χ0) is 10.9. The van der Waals surface area contributed by atoms with Crippen molar-refractivity contribution in [3.63, 3.8) is 0 Å². The largest absolute Gasteiger partial charge is 0.308 e. The maximum absolute atomic E-state index is 11.4. The molecule has 2 rings (SSSR count). The van der Waals surface area contributed by atoms with Gasteiger partial charge in [-0.2, -0.15) is 11.8 Å². The van der Waals surface area contributed by atoms with Gasteiger partial charge in [-0.15, -0.1) is 0 Å². The SMILES string of the molecule is CC1(NC2CCSCC2)CCS(=O)(=O)C1. The molecule has 0 aliphatic carbocycles. The van der Waals surface area contributed by atoms with E-state index in [9.17, 15) is 8.42 Å². The van der Waals surface area contributed by atoms with Crippen LogP contribution < -0.4 is 5.32 Å². The standard InChI is InChI=1S/C10H19NO2S2/c1-10(4-7-15(12,13)8-10)11-9-2-5-14-6-3-9/h9,11H,2-8H2,1H3. The summed E-state index contributed by atoms with van der Waals surface area (Å²) in [6, 6.07) is 0.532. The van der Waals surface area contributed by atoms with E-state index in [0.29, 0.717) is 17.5 Å². The van der Waals surface area contributed by atoms with E-state index in [0.717, 1.165) is 6.42 Å². The van der Waals surface area contributed by atoms with Gasteiger partial charge in [-0.25, -0.2) is 8.42 Å². The van der Waals surface area contributed by atoms with E-state index in [2.05, 4.69) is 12.2 Å². The summed E-state index contributed by atoms with van der Waals surface area (Å²) in [5.41, 5.74) is -0.161. The second-order valence-corrected chi connectivity index (χ2v) is 8.34. The van der Waals surface area contributed by atoms with Gasteiger partial charge in [0, 0.05) is 11.6 Å². The van der Waals surface area contributed by atoms with Crippen LogP contribution in [0, 0.1) is 0 Å². The highest BCUT2D eigenvalue weighted by Gasteiger charge is 2.39. The molecule has 0 spiro atoms. The quantitative estimate of drug-likeness (QED) is 0.794. The van der Waals surface area contributed by atoms with Crippen molar-refractivity contribution in [1.82, 2.24) is 5.32 Å². The van der Waals surface area contributed by atoms with Crippen LogP contribution in [0.2, 0.25) is 0 Å². The maximum atomic E-state index is 11.4. The van der Waals surface area contributed by atoms with Crippen LogP contribution in [0.5, 0.6) is 0 Å². The van der Waals surface area contributed by atoms with Crippen LogP contribution in [-0.4, -0.2) is 43.0 Å². The third kappa shape index (κ3) is 3.11. The lowest BCUT2D eigenvalue weighted by Crippen LogP contribution is -2.50. The Morgan fingerprint density at radius 3 is 2.53 bits per heavy atom. The Morgan fingerprint density at radius 1 is 1.33 bits per heavy atom. The molecule has 2 heterocycles. The highest BCUT2D eigenvalue weighted by Crippen LogP contribution is 2.26. The summed E-state index contributed by atoms with van der Waals surface area (Å²) in [5.74, 6) is 3.10. The molecule has 15 heavy (non-hydrogen) atoms. The van der Waals surface area contributed by atoms with E-state index < -0.39 is 9.84 Å². The summed E-state index contributed by atoms with van der Waals surface area (Å²) in [5, 5.41) is 3.56. The van der Waals surface area contributed by atoms with E-state index >= 15 is 0 Å². The third-order valence-corrected chi connectivity index (χ3v) is 6.23. The number of thioether (sulfide) groups is 1. The summed E-state index contributed by atoms with van der Waals surface area (Å²) in [6.07, 6.45) is 3.14. The zero-order valence-electron chi connectivity index (χ0n) is 9.16. The maximum Gasteiger partial charge on any atom is 0.152 e. The van der Waals surface area contributed by atoms with Crippen LogP contribution >= 0.6 is 11.8 Å². The Labute approximate surface area is 96.3 Å². The second-order valence-electron chi connectivity index (χ2n) is 4.93. The lowest BCUT2D eigenvalue weighted by Gasteiger charge is -2.32. The highest BCUT2D eigenvalue weighted by molar-refractivity contribution is 7.99. The highest BCUT2D eigenvalue weighted by atomic mass is 32.2. The molecule has 1 unspecified atom stereocenters. The number of hydrogen-bond acceptors (Lipinski definition) is 4. The van der Waals surface area contributed by atoms with Gasteiger partial charge >= 0.3 is 0 Å². The summed E-state index contributed by atoms with van der Waals surface area (Å²) in [4.78, 5) is 0. The van der Waals surface area contributed by atoms with E-state index in [4.69, 9.17) is 0 Å². The molecule has 0 radical (unpaired) electrons. The molecule has 0 aromatic rings. The molecular formula is C10H19NO2S2. The zero-order valence-corrected chi connectivity index (χ0v) is 10.8. The molecular weight excluding hydrogens is 230 g/mol. The second kappa shape index (κ2) is 4.26. The van der Waals surface area contributed by atoms with Crippen LogP contribution in [-0.2, 0) is 9.84 Å². The van der Waals surface area contributed by atoms with Gasteiger partial charge in [-0.05, 0) is 37.7 Å². The van der Waals surface area contributed by atoms with Crippen molar-refractivity contribution in [2.45, 2.75) is 37.8 Å². The van der Waals surface area contributed by atoms with Gasteiger partial charge in [0.1, 0.15) is 0 Å². The summed E-state index contributed by atoms with van der Waals surface area (Å²) in [7, 11) is -2.77. The van der Waals surface area contributed by atoms with E-state index in [1.165, 1.54) is 24.3 Å². The molecule has 2 aliphatic heterocycles. The fraction of sp³-hybridized carbons (Fsp3) is 1.00. The van der Waals surface area contributed by atoms with Gasteiger partial charge in [0.05, 0.1) is 11.5 Å². The van der Waals surface area contributed by atoms with Gasteiger partial charge in [0.2, 0.25) is 0 Å². The van der Waals surface area contributed by atoms with E-state index in [1.54, 1.807) is 0 Å². The Kier molecular flexibility index (Phi) is 3.33. The van der Waals surface area contributed by atoms with Crippen molar-refractivity contribution in [2.24, 2.45) is 0 Å². The number of rotatable bonds is 2. The number of hydrogen-bond donors (Lipinski definition) is 1. The lowest BCUT2D eigenvalue weighted by atomic mass is 9.99. The molecule has 2 saturated heterocycles. The van der Waals surface area contributed by atoms with Crippen LogP contribution in [0.1, 0.15) is 26.2 Å². The van der Waals surface area contributed by atoms with Crippen LogP contribution in [0.4, 0.5) is 0 Å². The average Bonchev–Trinajstić information content (AvgIpc) is 2.42. The minimum absolute atomic E-state index is 0.161. The minimum atomic E-state index is -2.77. The Bertz CT molecular complexity index is 322. The van der Waals surface area contributed by atoms with Gasteiger partial charge < -0.3 is 5.32 Å². The molecule has 1 N–H and O–H groups in total. The molecule has 3 nitrogen and oxygen atoms in total. The van der Waals surface area contributed by atoms with Crippen LogP contribution in [0.3, 0.4) is 0 Å². The Hall–Kier alpha value is 0.260. The van der Waals surface area contributed by atoms with Gasteiger partial charge in [0.25, 0.3) is 0 Å². The van der Waals surface area contributed by atoms with Gasteiger partial charge in [-0.3, -0.25) is 0 Å². The van der Waals surface area contributed by atoms with Crippen molar-refractivity contribution in [3.05, 3.63) is 0 Å². The summed E-state index contributed by atoms with van der Waals surface area (Å²) >= 11 is 2.00. The molecule has 0 aromatic carbocycles. The van der Waals surface area contributed by atoms with Gasteiger partial charge in [-0.1, -0.05) is 0 Å². The molecule has 5 heteroatoms. The fourth-order valence-corrected chi connectivity index (χ4v) is 5.67. The predicted octanol–water partition coefficient (Wildman–Crippen LogP) is 1.05.